The molecule has 0 radical (unpaired) electrons. The minimum Gasteiger partial charge on any atom is -0.392 e. The van der Waals surface area contributed by atoms with Gasteiger partial charge in [-0.25, -0.2) is 8.42 Å². The van der Waals surface area contributed by atoms with Crippen LogP contribution in [0.15, 0.2) is 52.5 Å². The molecule has 1 atom stereocenters. The number of hydrogen-bond donors (Lipinski definition) is 1. The normalized spacial score (nSPS) is 22.7. The highest BCUT2D eigenvalue weighted by Crippen LogP contribution is 2.35. The van der Waals surface area contributed by atoms with E-state index in [0.29, 0.717) is 18.0 Å². The van der Waals surface area contributed by atoms with E-state index in [-0.39, 0.29) is 12.5 Å². The number of aliphatic hydroxyl groups excluding tert-OH is 1. The molecule has 5 heteroatoms. The fraction of sp³-hybridized carbons (Fsp3) is 0.375. The molecule has 3 rings (SSSR count). The molecule has 1 N–H and O–H groups in total. The first-order valence-electron chi connectivity index (χ1n) is 7.08. The van der Waals surface area contributed by atoms with Gasteiger partial charge in [0.2, 0.25) is 10.0 Å². The van der Waals surface area contributed by atoms with Crippen LogP contribution in [0.1, 0.15) is 12.0 Å². The van der Waals surface area contributed by atoms with Crippen LogP contribution in [0.2, 0.25) is 0 Å². The molecular formula is C16H19NO3S. The third-order valence-electron chi connectivity index (χ3n) is 4.24. The summed E-state index contributed by atoms with van der Waals surface area (Å²) in [7, 11) is -3.46. The van der Waals surface area contributed by atoms with Gasteiger partial charge in [-0.2, -0.15) is 4.31 Å². The van der Waals surface area contributed by atoms with Crippen LogP contribution in [0.25, 0.3) is 0 Å². The summed E-state index contributed by atoms with van der Waals surface area (Å²) in [6, 6.07) is 6.94. The summed E-state index contributed by atoms with van der Waals surface area (Å²) in [5, 5.41) is 9.41. The van der Waals surface area contributed by atoms with Gasteiger partial charge in [0.15, 0.2) is 0 Å². The molecule has 21 heavy (non-hydrogen) atoms. The topological polar surface area (TPSA) is 57.6 Å². The summed E-state index contributed by atoms with van der Waals surface area (Å²) >= 11 is 0. The lowest BCUT2D eigenvalue weighted by Crippen LogP contribution is -2.29. The SMILES string of the molecule is Cc1ccc(S(=O)(=O)N2CC3=CCC=C(CO)C3C2)cc1. The highest BCUT2D eigenvalue weighted by molar-refractivity contribution is 7.89. The molecule has 2 aliphatic rings. The number of aliphatic hydroxyl groups is 1. The summed E-state index contributed by atoms with van der Waals surface area (Å²) in [6.45, 7) is 2.79. The van der Waals surface area contributed by atoms with Gasteiger partial charge in [0, 0.05) is 19.0 Å². The van der Waals surface area contributed by atoms with Crippen LogP contribution in [0, 0.1) is 12.8 Å². The second-order valence-corrected chi connectivity index (χ2v) is 7.55. The van der Waals surface area contributed by atoms with Gasteiger partial charge >= 0.3 is 0 Å². The first kappa shape index (κ1) is 14.5. The molecule has 112 valence electrons. The van der Waals surface area contributed by atoms with Gasteiger partial charge in [-0.3, -0.25) is 0 Å². The van der Waals surface area contributed by atoms with Crippen molar-refractivity contribution >= 4 is 10.0 Å². The van der Waals surface area contributed by atoms with Crippen LogP contribution in [-0.4, -0.2) is 37.5 Å². The highest BCUT2D eigenvalue weighted by Gasteiger charge is 2.37. The molecule has 1 fully saturated rings. The van der Waals surface area contributed by atoms with Crippen molar-refractivity contribution in [1.82, 2.24) is 4.31 Å². The minimum atomic E-state index is -3.46. The van der Waals surface area contributed by atoms with Crippen LogP contribution in [0.3, 0.4) is 0 Å². The number of benzene rings is 1. The van der Waals surface area contributed by atoms with Crippen LogP contribution < -0.4 is 0 Å². The van der Waals surface area contributed by atoms with E-state index < -0.39 is 10.0 Å². The van der Waals surface area contributed by atoms with Crippen molar-refractivity contribution in [2.75, 3.05) is 19.7 Å². The van der Waals surface area contributed by atoms with Gasteiger partial charge < -0.3 is 5.11 Å². The van der Waals surface area contributed by atoms with Gasteiger partial charge in [-0.15, -0.1) is 0 Å². The molecule has 1 aliphatic carbocycles. The molecule has 4 nitrogen and oxygen atoms in total. The number of fused-ring (bicyclic) bond motifs is 1. The van der Waals surface area contributed by atoms with E-state index in [2.05, 4.69) is 6.08 Å². The third-order valence-corrected chi connectivity index (χ3v) is 6.07. The lowest BCUT2D eigenvalue weighted by atomic mass is 9.89. The fourth-order valence-electron chi connectivity index (χ4n) is 2.98. The van der Waals surface area contributed by atoms with Gasteiger partial charge in [-0.1, -0.05) is 35.4 Å². The standard InChI is InChI=1S/C16H19NO3S/c1-12-5-7-15(8-6-12)21(19,20)17-9-13-3-2-4-14(11-18)16(13)10-17/h3-8,16,18H,2,9-11H2,1H3. The number of aryl methyl sites for hydroxylation is 1. The van der Waals surface area contributed by atoms with E-state index >= 15 is 0 Å². The van der Waals surface area contributed by atoms with Gasteiger partial charge in [0.25, 0.3) is 0 Å². The van der Waals surface area contributed by atoms with Crippen molar-refractivity contribution in [2.45, 2.75) is 18.2 Å². The monoisotopic (exact) mass is 305 g/mol. The lowest BCUT2D eigenvalue weighted by molar-refractivity contribution is 0.316. The van der Waals surface area contributed by atoms with E-state index in [0.717, 1.165) is 23.1 Å². The van der Waals surface area contributed by atoms with E-state index in [1.54, 1.807) is 12.1 Å². The minimum absolute atomic E-state index is 0.000423. The van der Waals surface area contributed by atoms with E-state index in [1.807, 2.05) is 25.1 Å². The molecule has 0 bridgehead atoms. The first-order chi connectivity index (χ1) is 10.0. The molecule has 0 spiro atoms. The average molecular weight is 305 g/mol. The highest BCUT2D eigenvalue weighted by atomic mass is 32.2. The third kappa shape index (κ3) is 2.57. The number of sulfonamides is 1. The zero-order valence-corrected chi connectivity index (χ0v) is 12.8. The zero-order chi connectivity index (χ0) is 15.0. The Labute approximate surface area is 125 Å². The quantitative estimate of drug-likeness (QED) is 0.867. The summed E-state index contributed by atoms with van der Waals surface area (Å²) in [6.07, 6.45) is 4.85. The molecule has 1 aromatic rings. The Hall–Kier alpha value is -1.43. The molecule has 0 amide bonds. The van der Waals surface area contributed by atoms with E-state index in [9.17, 15) is 13.5 Å². The predicted octanol–water partition coefficient (Wildman–Crippen LogP) is 1.86. The Morgan fingerprint density at radius 2 is 1.95 bits per heavy atom. The zero-order valence-electron chi connectivity index (χ0n) is 12.0. The Kier molecular flexibility index (Phi) is 3.73. The summed E-state index contributed by atoms with van der Waals surface area (Å²) < 4.78 is 26.9. The summed E-state index contributed by atoms with van der Waals surface area (Å²) in [5.41, 5.74) is 3.09. The number of rotatable bonds is 3. The van der Waals surface area contributed by atoms with Crippen molar-refractivity contribution < 1.29 is 13.5 Å². The lowest BCUT2D eigenvalue weighted by Gasteiger charge is -2.18. The first-order valence-corrected chi connectivity index (χ1v) is 8.52. The van der Waals surface area contributed by atoms with Crippen molar-refractivity contribution in [2.24, 2.45) is 5.92 Å². The van der Waals surface area contributed by atoms with Crippen LogP contribution in [0.4, 0.5) is 0 Å². The van der Waals surface area contributed by atoms with E-state index in [1.165, 1.54) is 4.31 Å². The smallest absolute Gasteiger partial charge is 0.243 e. The molecular weight excluding hydrogens is 286 g/mol. The van der Waals surface area contributed by atoms with Gasteiger partial charge in [-0.05, 0) is 31.1 Å². The summed E-state index contributed by atoms with van der Waals surface area (Å²) in [4.78, 5) is 0.335. The summed E-state index contributed by atoms with van der Waals surface area (Å²) in [5.74, 6) is 0.0453. The maximum atomic E-state index is 12.7. The van der Waals surface area contributed by atoms with Crippen molar-refractivity contribution in [3.8, 4) is 0 Å². The maximum Gasteiger partial charge on any atom is 0.243 e. The largest absolute Gasteiger partial charge is 0.392 e. The van der Waals surface area contributed by atoms with Gasteiger partial charge in [0.05, 0.1) is 11.5 Å². The number of hydrogen-bond acceptors (Lipinski definition) is 3. The fourth-order valence-corrected chi connectivity index (χ4v) is 4.43. The molecule has 0 aromatic heterocycles. The van der Waals surface area contributed by atoms with Crippen LogP contribution in [0.5, 0.6) is 0 Å². The molecule has 0 saturated carbocycles. The molecule has 1 unspecified atom stereocenters. The second-order valence-electron chi connectivity index (χ2n) is 5.62. The Bertz CT molecular complexity index is 702. The Morgan fingerprint density at radius 1 is 1.24 bits per heavy atom. The van der Waals surface area contributed by atoms with Crippen molar-refractivity contribution in [1.29, 1.82) is 0 Å². The van der Waals surface area contributed by atoms with Crippen LogP contribution in [-0.2, 0) is 10.0 Å². The Balaban J connectivity index is 1.89. The average Bonchev–Trinajstić information content (AvgIpc) is 2.92. The Morgan fingerprint density at radius 3 is 2.62 bits per heavy atom. The molecule has 1 aromatic carbocycles. The molecule has 1 saturated heterocycles. The van der Waals surface area contributed by atoms with Gasteiger partial charge in [0.1, 0.15) is 0 Å². The molecule has 1 heterocycles. The number of nitrogens with zero attached hydrogens (tertiary/aromatic N) is 1. The van der Waals surface area contributed by atoms with Crippen LogP contribution >= 0.6 is 0 Å². The maximum absolute atomic E-state index is 12.7. The van der Waals surface area contributed by atoms with Crippen molar-refractivity contribution in [3.63, 3.8) is 0 Å². The predicted molar refractivity (Wildman–Crippen MR) is 81.3 cm³/mol. The van der Waals surface area contributed by atoms with Crippen molar-refractivity contribution in [3.05, 3.63) is 53.1 Å². The van der Waals surface area contributed by atoms with E-state index in [4.69, 9.17) is 0 Å². The number of allylic oxidation sites excluding steroid dienone is 2. The second kappa shape index (κ2) is 5.40. The molecule has 1 aliphatic heterocycles.